The van der Waals surface area contributed by atoms with E-state index in [4.69, 9.17) is 0 Å². The number of hydrogen-bond donors (Lipinski definition) is 0. The highest BCUT2D eigenvalue weighted by molar-refractivity contribution is 8.00. The van der Waals surface area contributed by atoms with Crippen LogP contribution in [0.2, 0.25) is 0 Å². The summed E-state index contributed by atoms with van der Waals surface area (Å²) >= 11 is 2.06. The molecule has 12 heavy (non-hydrogen) atoms. The number of aryl methyl sites for hydroxylation is 1. The smallest absolute Gasteiger partial charge is 0.219 e. The minimum absolute atomic E-state index is 0.333. The lowest BCUT2D eigenvalue weighted by Crippen LogP contribution is -2.19. The van der Waals surface area contributed by atoms with Gasteiger partial charge in [0.15, 0.2) is 0 Å². The van der Waals surface area contributed by atoms with Gasteiger partial charge in [0.25, 0.3) is 0 Å². The van der Waals surface area contributed by atoms with Crippen LogP contribution in [-0.4, -0.2) is 21.7 Å². The quantitative estimate of drug-likeness (QED) is 0.684. The average Bonchev–Trinajstić information content (AvgIpc) is 2.37. The van der Waals surface area contributed by atoms with Gasteiger partial charge in [-0.3, -0.25) is 0 Å². The minimum atomic E-state index is -1.28. The fourth-order valence-electron chi connectivity index (χ4n) is 0.599. The van der Waals surface area contributed by atoms with Crippen LogP contribution in [0.25, 0.3) is 0 Å². The Balaban J connectivity index is 2.87. The van der Waals surface area contributed by atoms with E-state index in [2.05, 4.69) is 9.36 Å². The number of carbonyl (C=O) groups excluding carboxylic acids is 1. The predicted octanol–water partition coefficient (Wildman–Crippen LogP) is 1.48. The number of carbonyl (C=O) groups is 1. The van der Waals surface area contributed by atoms with Crippen LogP contribution in [0, 0.1) is 6.92 Å². The van der Waals surface area contributed by atoms with E-state index < -0.39 is 6.09 Å². The Bertz CT molecular complexity index is 288. The van der Waals surface area contributed by atoms with Gasteiger partial charge < -0.3 is 0 Å². The van der Waals surface area contributed by atoms with E-state index in [0.717, 1.165) is 27.8 Å². The van der Waals surface area contributed by atoms with E-state index in [9.17, 15) is 9.90 Å². The molecule has 1 rings (SSSR count). The maximum absolute atomic E-state index is 10.5. The summed E-state index contributed by atoms with van der Waals surface area (Å²) in [7, 11) is 0. The number of rotatable bonds is 2. The fraction of sp³-hybridized carbons (Fsp3) is 0.400. The Morgan fingerprint density at radius 1 is 1.67 bits per heavy atom. The van der Waals surface area contributed by atoms with Crippen molar-refractivity contribution < 1.29 is 9.90 Å². The van der Waals surface area contributed by atoms with Crippen LogP contribution in [0.3, 0.4) is 0 Å². The van der Waals surface area contributed by atoms with Crippen LogP contribution in [0.4, 0.5) is 9.93 Å². The van der Waals surface area contributed by atoms with Crippen molar-refractivity contribution in [3.05, 3.63) is 5.82 Å². The summed E-state index contributed by atoms with van der Waals surface area (Å²) in [6, 6.07) is 0. The molecule has 0 N–H and O–H groups in total. The van der Waals surface area contributed by atoms with Gasteiger partial charge in [0.05, 0.1) is 0 Å². The largest absolute Gasteiger partial charge is 0.469 e. The number of nitrogens with zero attached hydrogens (tertiary/aromatic N) is 3. The van der Waals surface area contributed by atoms with Gasteiger partial charge in [0.2, 0.25) is 5.13 Å². The number of amides is 1. The Morgan fingerprint density at radius 3 is 2.67 bits per heavy atom. The van der Waals surface area contributed by atoms with Crippen LogP contribution in [0.15, 0.2) is 0 Å². The Labute approximate surface area is 77.7 Å². The molecule has 0 atom stereocenters. The molecule has 1 radical (unpaired) electrons. The molecule has 65 valence electrons. The van der Waals surface area contributed by atoms with Crippen molar-refractivity contribution in [1.29, 1.82) is 0 Å². The number of aromatic nitrogens is 2. The van der Waals surface area contributed by atoms with Crippen molar-refractivity contribution in [3.8, 4) is 0 Å². The summed E-state index contributed by atoms with van der Waals surface area (Å²) in [6.45, 7) is 1.70. The first-order valence-electron chi connectivity index (χ1n) is 3.00. The molecular formula is C5H6N3O2S2. The highest BCUT2D eigenvalue weighted by Crippen LogP contribution is 2.22. The van der Waals surface area contributed by atoms with Crippen LogP contribution in [-0.2, 0) is 5.11 Å². The zero-order valence-corrected chi connectivity index (χ0v) is 8.11. The molecule has 0 aliphatic rings. The van der Waals surface area contributed by atoms with Crippen molar-refractivity contribution in [2.45, 2.75) is 6.92 Å². The predicted molar refractivity (Wildman–Crippen MR) is 46.7 cm³/mol. The van der Waals surface area contributed by atoms with E-state index in [1.165, 1.54) is 0 Å². The Kier molecular flexibility index (Phi) is 2.88. The van der Waals surface area contributed by atoms with Gasteiger partial charge in [-0.15, -0.1) is 0 Å². The third-order valence-electron chi connectivity index (χ3n) is 1.04. The number of anilines is 1. The molecule has 0 bridgehead atoms. The normalized spacial score (nSPS) is 9.83. The van der Waals surface area contributed by atoms with Gasteiger partial charge in [-0.1, -0.05) is 0 Å². The van der Waals surface area contributed by atoms with Crippen LogP contribution < -0.4 is 4.31 Å². The zero-order chi connectivity index (χ0) is 9.14. The zero-order valence-electron chi connectivity index (χ0n) is 6.47. The highest BCUT2D eigenvalue weighted by Gasteiger charge is 2.18. The molecule has 0 spiro atoms. The first-order valence-corrected chi connectivity index (χ1v) is 4.96. The van der Waals surface area contributed by atoms with Crippen molar-refractivity contribution in [2.75, 3.05) is 10.6 Å². The standard InChI is InChI=1S/C5H6N3O2S2/c1-3-6-4(12-7-3)8(11-2)5(9)10/h1-2H3. The number of hydrogen-bond acceptors (Lipinski definition) is 5. The van der Waals surface area contributed by atoms with Gasteiger partial charge >= 0.3 is 6.09 Å². The molecule has 0 aliphatic heterocycles. The van der Waals surface area contributed by atoms with Crippen LogP contribution >= 0.6 is 23.5 Å². The van der Waals surface area contributed by atoms with Crippen molar-refractivity contribution in [1.82, 2.24) is 9.36 Å². The van der Waals surface area contributed by atoms with Crippen molar-refractivity contribution >= 4 is 34.7 Å². The first kappa shape index (κ1) is 9.27. The maximum atomic E-state index is 10.5. The summed E-state index contributed by atoms with van der Waals surface area (Å²) in [6.07, 6.45) is 0.352. The lowest BCUT2D eigenvalue weighted by atomic mass is 10.7. The van der Waals surface area contributed by atoms with Gasteiger partial charge in [-0.05, 0) is 18.9 Å². The summed E-state index contributed by atoms with van der Waals surface area (Å²) in [5.41, 5.74) is 0. The Morgan fingerprint density at radius 2 is 2.33 bits per heavy atom. The Hall–Kier alpha value is -0.820. The monoisotopic (exact) mass is 204 g/mol. The van der Waals surface area contributed by atoms with Crippen molar-refractivity contribution in [2.24, 2.45) is 0 Å². The lowest BCUT2D eigenvalue weighted by Gasteiger charge is -2.07. The van der Waals surface area contributed by atoms with E-state index >= 15 is 0 Å². The van der Waals surface area contributed by atoms with Crippen LogP contribution in [0.1, 0.15) is 5.82 Å². The van der Waals surface area contributed by atoms with E-state index in [0.29, 0.717) is 11.0 Å². The minimum Gasteiger partial charge on any atom is -0.219 e. The molecule has 0 aromatic carbocycles. The van der Waals surface area contributed by atoms with Gasteiger partial charge in [-0.25, -0.2) is 14.9 Å². The molecule has 1 heterocycles. The molecule has 1 amide bonds. The van der Waals surface area contributed by atoms with Gasteiger partial charge in [0.1, 0.15) is 5.82 Å². The molecule has 0 fully saturated rings. The first-order chi connectivity index (χ1) is 5.65. The molecule has 1 aromatic heterocycles. The van der Waals surface area contributed by atoms with Gasteiger partial charge in [0, 0.05) is 17.8 Å². The molecule has 0 saturated carbocycles. The summed E-state index contributed by atoms with van der Waals surface area (Å²) in [5.74, 6) is 0.565. The van der Waals surface area contributed by atoms with E-state index in [1.807, 2.05) is 0 Å². The topological polar surface area (TPSA) is 66.0 Å². The second-order valence-electron chi connectivity index (χ2n) is 1.87. The fourth-order valence-corrected chi connectivity index (χ4v) is 1.85. The average molecular weight is 204 g/mol. The summed E-state index contributed by atoms with van der Waals surface area (Å²) in [4.78, 5) is 14.4. The van der Waals surface area contributed by atoms with Crippen LogP contribution in [0.5, 0.6) is 0 Å². The SMILES string of the molecule is CSN(C([O])=O)c1nc(C)ns1. The second-order valence-corrected chi connectivity index (χ2v) is 3.33. The van der Waals surface area contributed by atoms with E-state index in [-0.39, 0.29) is 0 Å². The lowest BCUT2D eigenvalue weighted by molar-refractivity contribution is 0.181. The molecule has 0 unspecified atom stereocenters. The molecular weight excluding hydrogens is 198 g/mol. The third-order valence-corrected chi connectivity index (χ3v) is 2.63. The van der Waals surface area contributed by atoms with E-state index in [1.54, 1.807) is 13.2 Å². The summed E-state index contributed by atoms with van der Waals surface area (Å²) < 4.78 is 4.82. The second kappa shape index (κ2) is 3.72. The summed E-state index contributed by atoms with van der Waals surface area (Å²) in [5, 5.41) is 10.8. The maximum Gasteiger partial charge on any atom is 0.469 e. The highest BCUT2D eigenvalue weighted by atomic mass is 32.2. The molecule has 7 heteroatoms. The third kappa shape index (κ3) is 1.86. The van der Waals surface area contributed by atoms with Gasteiger partial charge in [-0.2, -0.15) is 8.68 Å². The molecule has 1 aromatic rings. The molecule has 0 aliphatic carbocycles. The molecule has 5 nitrogen and oxygen atoms in total. The molecule has 0 saturated heterocycles. The van der Waals surface area contributed by atoms with Crippen molar-refractivity contribution in [3.63, 3.8) is 0 Å².